The molecule has 0 aliphatic heterocycles. The van der Waals surface area contributed by atoms with Crippen LogP contribution in [-0.2, 0) is 0 Å². The van der Waals surface area contributed by atoms with Crippen molar-refractivity contribution in [1.82, 2.24) is 9.97 Å². The van der Waals surface area contributed by atoms with Crippen molar-refractivity contribution in [3.63, 3.8) is 0 Å². The van der Waals surface area contributed by atoms with Gasteiger partial charge >= 0.3 is 0 Å². The molecule has 1 amide bonds. The summed E-state index contributed by atoms with van der Waals surface area (Å²) in [4.78, 5) is 20.7. The molecule has 0 atom stereocenters. The van der Waals surface area contributed by atoms with Gasteiger partial charge in [-0.3, -0.25) is 4.79 Å². The number of anilines is 3. The molecule has 0 unspecified atom stereocenters. The summed E-state index contributed by atoms with van der Waals surface area (Å²) < 4.78 is 0. The van der Waals surface area contributed by atoms with Gasteiger partial charge in [-0.05, 0) is 43.7 Å². The Morgan fingerprint density at radius 3 is 2.38 bits per heavy atom. The smallest absolute Gasteiger partial charge is 0.258 e. The summed E-state index contributed by atoms with van der Waals surface area (Å²) in [6.07, 6.45) is 2.90. The van der Waals surface area contributed by atoms with E-state index in [4.69, 9.17) is 23.2 Å². The van der Waals surface area contributed by atoms with Crippen LogP contribution in [0.1, 0.15) is 21.5 Å². The van der Waals surface area contributed by atoms with Crippen LogP contribution in [0.15, 0.2) is 48.8 Å². The molecule has 0 bridgehead atoms. The largest absolute Gasteiger partial charge is 0.323 e. The lowest BCUT2D eigenvalue weighted by Gasteiger charge is -2.10. The number of aryl methyl sites for hydroxylation is 2. The van der Waals surface area contributed by atoms with Crippen LogP contribution in [0.2, 0.25) is 10.0 Å². The SMILES string of the molecule is Cc1ccc(NC(=O)c2cnc(Nc3cc(Cl)ccc3Cl)nc2)c(C)c1. The van der Waals surface area contributed by atoms with E-state index in [-0.39, 0.29) is 5.91 Å². The number of halogens is 2. The Bertz CT molecular complexity index is 958. The maximum atomic E-state index is 12.4. The molecule has 7 heteroatoms. The van der Waals surface area contributed by atoms with Gasteiger partial charge < -0.3 is 10.6 Å². The number of benzene rings is 2. The number of aromatic nitrogens is 2. The Balaban J connectivity index is 1.72. The first-order chi connectivity index (χ1) is 12.4. The minimum atomic E-state index is -0.274. The molecule has 26 heavy (non-hydrogen) atoms. The van der Waals surface area contributed by atoms with E-state index in [1.807, 2.05) is 32.0 Å². The second-order valence-corrected chi connectivity index (χ2v) is 6.66. The van der Waals surface area contributed by atoms with E-state index in [1.54, 1.807) is 18.2 Å². The van der Waals surface area contributed by atoms with Crippen LogP contribution in [0.4, 0.5) is 17.3 Å². The van der Waals surface area contributed by atoms with Gasteiger partial charge in [-0.25, -0.2) is 9.97 Å². The number of nitrogens with zero attached hydrogens (tertiary/aromatic N) is 2. The molecule has 0 radical (unpaired) electrons. The Labute approximate surface area is 161 Å². The highest BCUT2D eigenvalue weighted by atomic mass is 35.5. The number of hydrogen-bond donors (Lipinski definition) is 2. The molecular weight excluding hydrogens is 371 g/mol. The fraction of sp³-hybridized carbons (Fsp3) is 0.105. The van der Waals surface area contributed by atoms with E-state index in [1.165, 1.54) is 12.4 Å². The summed E-state index contributed by atoms with van der Waals surface area (Å²) in [5.74, 6) is 0.0431. The third-order valence-corrected chi connectivity index (χ3v) is 4.28. The Morgan fingerprint density at radius 2 is 1.69 bits per heavy atom. The van der Waals surface area contributed by atoms with Crippen LogP contribution >= 0.6 is 23.2 Å². The molecule has 132 valence electrons. The van der Waals surface area contributed by atoms with Crippen molar-refractivity contribution in [3.05, 3.63) is 75.5 Å². The first-order valence-corrected chi connectivity index (χ1v) is 8.61. The lowest BCUT2D eigenvalue weighted by atomic mass is 10.1. The van der Waals surface area contributed by atoms with Crippen molar-refractivity contribution in [3.8, 4) is 0 Å². The maximum Gasteiger partial charge on any atom is 0.258 e. The van der Waals surface area contributed by atoms with Crippen LogP contribution < -0.4 is 10.6 Å². The summed E-state index contributed by atoms with van der Waals surface area (Å²) in [5, 5.41) is 6.87. The molecule has 3 rings (SSSR count). The average Bonchev–Trinajstić information content (AvgIpc) is 2.61. The normalized spacial score (nSPS) is 10.5. The summed E-state index contributed by atoms with van der Waals surface area (Å²) in [6, 6.07) is 10.9. The zero-order chi connectivity index (χ0) is 18.7. The Morgan fingerprint density at radius 1 is 0.962 bits per heavy atom. The van der Waals surface area contributed by atoms with Crippen LogP contribution in [-0.4, -0.2) is 15.9 Å². The van der Waals surface area contributed by atoms with E-state index in [2.05, 4.69) is 20.6 Å². The third-order valence-electron chi connectivity index (χ3n) is 3.72. The van der Waals surface area contributed by atoms with Crippen molar-refractivity contribution in [2.45, 2.75) is 13.8 Å². The molecule has 0 saturated carbocycles. The predicted octanol–water partition coefficient (Wildman–Crippen LogP) is 5.40. The molecule has 2 N–H and O–H groups in total. The standard InChI is InChI=1S/C19H16Cl2N4O/c1-11-3-6-16(12(2)7-11)24-18(26)13-9-22-19(23-10-13)25-17-8-14(20)4-5-15(17)21/h3-10H,1-2H3,(H,24,26)(H,22,23,25). The van der Waals surface area contributed by atoms with Crippen molar-refractivity contribution < 1.29 is 4.79 Å². The molecule has 2 aromatic carbocycles. The van der Waals surface area contributed by atoms with Crippen molar-refractivity contribution in [2.75, 3.05) is 10.6 Å². The summed E-state index contributed by atoms with van der Waals surface area (Å²) in [6.45, 7) is 3.95. The van der Waals surface area contributed by atoms with Gasteiger partial charge in [0.25, 0.3) is 5.91 Å². The molecule has 1 aromatic heterocycles. The van der Waals surface area contributed by atoms with Crippen LogP contribution in [0.25, 0.3) is 0 Å². The quantitative estimate of drug-likeness (QED) is 0.629. The zero-order valence-corrected chi connectivity index (χ0v) is 15.7. The zero-order valence-electron chi connectivity index (χ0n) is 14.2. The number of carbonyl (C=O) groups excluding carboxylic acids is 1. The van der Waals surface area contributed by atoms with Crippen molar-refractivity contribution in [2.24, 2.45) is 0 Å². The number of amides is 1. The Kier molecular flexibility index (Phi) is 5.40. The third kappa shape index (κ3) is 4.31. The predicted molar refractivity (Wildman–Crippen MR) is 106 cm³/mol. The van der Waals surface area contributed by atoms with Gasteiger partial charge in [-0.15, -0.1) is 0 Å². The van der Waals surface area contributed by atoms with E-state index >= 15 is 0 Å². The Hall–Kier alpha value is -2.63. The minimum absolute atomic E-state index is 0.274. The van der Waals surface area contributed by atoms with E-state index in [0.717, 1.165) is 16.8 Å². The lowest BCUT2D eigenvalue weighted by molar-refractivity contribution is 0.102. The first-order valence-electron chi connectivity index (χ1n) is 7.85. The van der Waals surface area contributed by atoms with E-state index in [0.29, 0.717) is 27.2 Å². The molecule has 0 fully saturated rings. The van der Waals surface area contributed by atoms with E-state index in [9.17, 15) is 4.79 Å². The van der Waals surface area contributed by atoms with Gasteiger partial charge in [0, 0.05) is 23.1 Å². The molecule has 0 spiro atoms. The summed E-state index contributed by atoms with van der Waals surface area (Å²) in [7, 11) is 0. The second-order valence-electron chi connectivity index (χ2n) is 5.82. The monoisotopic (exact) mass is 386 g/mol. The van der Waals surface area contributed by atoms with Gasteiger partial charge in [-0.1, -0.05) is 40.9 Å². The number of rotatable bonds is 4. The topological polar surface area (TPSA) is 66.9 Å². The molecule has 0 aliphatic carbocycles. The summed E-state index contributed by atoms with van der Waals surface area (Å²) in [5.41, 5.74) is 3.83. The molecular formula is C19H16Cl2N4O. The van der Waals surface area contributed by atoms with Crippen molar-refractivity contribution >= 4 is 46.4 Å². The maximum absolute atomic E-state index is 12.4. The molecule has 3 aromatic rings. The fourth-order valence-corrected chi connectivity index (χ4v) is 2.71. The van der Waals surface area contributed by atoms with Crippen LogP contribution in [0.3, 0.4) is 0 Å². The molecule has 0 aliphatic rings. The highest BCUT2D eigenvalue weighted by Crippen LogP contribution is 2.27. The van der Waals surface area contributed by atoms with Gasteiger partial charge in [0.2, 0.25) is 5.95 Å². The second kappa shape index (κ2) is 7.72. The van der Waals surface area contributed by atoms with Gasteiger partial charge in [0.05, 0.1) is 16.3 Å². The average molecular weight is 387 g/mol. The number of carbonyl (C=O) groups is 1. The number of nitrogens with one attached hydrogen (secondary N) is 2. The first kappa shape index (κ1) is 18.2. The van der Waals surface area contributed by atoms with Crippen LogP contribution in [0, 0.1) is 13.8 Å². The molecule has 5 nitrogen and oxygen atoms in total. The summed E-state index contributed by atoms with van der Waals surface area (Å²) >= 11 is 12.1. The molecule has 1 heterocycles. The van der Waals surface area contributed by atoms with Gasteiger partial charge in [0.15, 0.2) is 0 Å². The highest BCUT2D eigenvalue weighted by Gasteiger charge is 2.10. The lowest BCUT2D eigenvalue weighted by Crippen LogP contribution is -2.14. The van der Waals surface area contributed by atoms with Crippen molar-refractivity contribution in [1.29, 1.82) is 0 Å². The van der Waals surface area contributed by atoms with Crippen LogP contribution in [0.5, 0.6) is 0 Å². The number of hydrogen-bond acceptors (Lipinski definition) is 4. The molecule has 0 saturated heterocycles. The minimum Gasteiger partial charge on any atom is -0.323 e. The van der Waals surface area contributed by atoms with Gasteiger partial charge in [-0.2, -0.15) is 0 Å². The highest BCUT2D eigenvalue weighted by molar-refractivity contribution is 6.35. The van der Waals surface area contributed by atoms with E-state index < -0.39 is 0 Å². The fourth-order valence-electron chi connectivity index (χ4n) is 2.37. The van der Waals surface area contributed by atoms with Gasteiger partial charge in [0.1, 0.15) is 0 Å².